The van der Waals surface area contributed by atoms with Gasteiger partial charge in [0.25, 0.3) is 0 Å². The molecule has 0 radical (unpaired) electrons. The number of aromatic nitrogens is 2. The van der Waals surface area contributed by atoms with Crippen molar-refractivity contribution in [3.8, 4) is 5.88 Å². The zero-order chi connectivity index (χ0) is 13.1. The molecule has 1 N–H and O–H groups in total. The van der Waals surface area contributed by atoms with Crippen LogP contribution in [0.5, 0.6) is 5.88 Å². The van der Waals surface area contributed by atoms with E-state index in [1.54, 1.807) is 13.3 Å². The van der Waals surface area contributed by atoms with Gasteiger partial charge in [-0.15, -0.1) is 0 Å². The monoisotopic (exact) mass is 327 g/mol. The molecule has 0 atom stereocenters. The Bertz CT molecular complexity index is 577. The molecule has 1 aromatic carbocycles. The molecule has 0 aliphatic rings. The summed E-state index contributed by atoms with van der Waals surface area (Å²) in [6, 6.07) is 5.72. The zero-order valence-corrected chi connectivity index (χ0v) is 12.2. The van der Waals surface area contributed by atoms with E-state index in [9.17, 15) is 0 Å². The molecule has 0 aliphatic heterocycles. The lowest BCUT2D eigenvalue weighted by Crippen LogP contribution is -1.99. The first-order valence-corrected chi connectivity index (χ1v) is 6.37. The molecule has 0 amide bonds. The maximum atomic E-state index is 6.13. The van der Waals surface area contributed by atoms with E-state index in [1.807, 2.05) is 25.1 Å². The van der Waals surface area contributed by atoms with Crippen molar-refractivity contribution < 1.29 is 4.74 Å². The Morgan fingerprint density at radius 1 is 1.39 bits per heavy atom. The Hall–Kier alpha value is -1.33. The van der Waals surface area contributed by atoms with Crippen LogP contribution in [0, 0.1) is 6.92 Å². The number of rotatable bonds is 3. The number of hydrogen-bond donors (Lipinski definition) is 1. The highest BCUT2D eigenvalue weighted by molar-refractivity contribution is 9.10. The average Bonchev–Trinajstić information content (AvgIpc) is 2.35. The maximum absolute atomic E-state index is 6.13. The van der Waals surface area contributed by atoms with Crippen LogP contribution in [0.2, 0.25) is 5.02 Å². The van der Waals surface area contributed by atoms with Crippen LogP contribution >= 0.6 is 27.5 Å². The number of halogens is 2. The normalized spacial score (nSPS) is 10.2. The van der Waals surface area contributed by atoms with Crippen LogP contribution in [-0.4, -0.2) is 17.1 Å². The minimum Gasteiger partial charge on any atom is -0.480 e. The fourth-order valence-electron chi connectivity index (χ4n) is 1.40. The van der Waals surface area contributed by atoms with E-state index in [4.69, 9.17) is 16.3 Å². The predicted molar refractivity (Wildman–Crippen MR) is 75.8 cm³/mol. The summed E-state index contributed by atoms with van der Waals surface area (Å²) in [5.74, 6) is 0.900. The van der Waals surface area contributed by atoms with Gasteiger partial charge in [0.05, 0.1) is 28.5 Å². The number of nitrogens with zero attached hydrogens (tertiary/aromatic N) is 2. The van der Waals surface area contributed by atoms with Crippen molar-refractivity contribution in [3.05, 3.63) is 39.5 Å². The fourth-order valence-corrected chi connectivity index (χ4v) is 2.03. The van der Waals surface area contributed by atoms with Gasteiger partial charge in [-0.2, -0.15) is 4.98 Å². The van der Waals surface area contributed by atoms with Crippen LogP contribution in [0.1, 0.15) is 5.56 Å². The first kappa shape index (κ1) is 13.1. The molecule has 0 fully saturated rings. The highest BCUT2D eigenvalue weighted by Gasteiger charge is 2.07. The van der Waals surface area contributed by atoms with Crippen molar-refractivity contribution in [1.29, 1.82) is 0 Å². The predicted octanol–water partition coefficient (Wildman–Crippen LogP) is 3.95. The minimum absolute atomic E-state index is 0.431. The summed E-state index contributed by atoms with van der Waals surface area (Å²) in [7, 11) is 1.55. The molecule has 4 nitrogen and oxygen atoms in total. The molecule has 1 heterocycles. The lowest BCUT2D eigenvalue weighted by molar-refractivity contribution is 0.394. The van der Waals surface area contributed by atoms with Gasteiger partial charge >= 0.3 is 0 Å². The molecule has 2 aromatic rings. The molecule has 0 saturated heterocycles. The van der Waals surface area contributed by atoms with Crippen LogP contribution < -0.4 is 10.1 Å². The van der Waals surface area contributed by atoms with Crippen molar-refractivity contribution in [2.45, 2.75) is 6.92 Å². The topological polar surface area (TPSA) is 47.0 Å². The fraction of sp³-hybridized carbons (Fsp3) is 0.167. The van der Waals surface area contributed by atoms with E-state index in [1.165, 1.54) is 0 Å². The zero-order valence-electron chi connectivity index (χ0n) is 9.87. The minimum atomic E-state index is 0.431. The van der Waals surface area contributed by atoms with Crippen molar-refractivity contribution in [2.24, 2.45) is 0 Å². The van der Waals surface area contributed by atoms with Crippen molar-refractivity contribution in [2.75, 3.05) is 12.4 Å². The van der Waals surface area contributed by atoms with E-state index in [2.05, 4.69) is 31.2 Å². The van der Waals surface area contributed by atoms with Gasteiger partial charge in [-0.05, 0) is 40.5 Å². The Balaban J connectivity index is 2.28. The molecule has 0 bridgehead atoms. The van der Waals surface area contributed by atoms with E-state index in [0.717, 1.165) is 11.3 Å². The van der Waals surface area contributed by atoms with Gasteiger partial charge in [0, 0.05) is 0 Å². The number of benzene rings is 1. The third-order valence-corrected chi connectivity index (χ3v) is 3.13. The Morgan fingerprint density at radius 3 is 2.83 bits per heavy atom. The van der Waals surface area contributed by atoms with E-state index < -0.39 is 0 Å². The molecule has 6 heteroatoms. The highest BCUT2D eigenvalue weighted by atomic mass is 79.9. The van der Waals surface area contributed by atoms with Gasteiger partial charge < -0.3 is 10.1 Å². The van der Waals surface area contributed by atoms with Crippen LogP contribution in [0.15, 0.2) is 28.9 Å². The molecule has 94 valence electrons. The first-order valence-electron chi connectivity index (χ1n) is 5.20. The first-order chi connectivity index (χ1) is 8.60. The van der Waals surface area contributed by atoms with Gasteiger partial charge in [-0.3, -0.25) is 0 Å². The summed E-state index contributed by atoms with van der Waals surface area (Å²) in [4.78, 5) is 8.34. The molecule has 0 aliphatic carbocycles. The summed E-state index contributed by atoms with van der Waals surface area (Å²) in [6.07, 6.45) is 1.62. The second kappa shape index (κ2) is 5.54. The quantitative estimate of drug-likeness (QED) is 0.926. The van der Waals surface area contributed by atoms with Crippen molar-refractivity contribution >= 4 is 39.2 Å². The SMILES string of the molecule is COc1nc(Nc2ccc(C)cc2Cl)ncc1Br. The Labute approximate surface area is 118 Å². The number of nitrogens with one attached hydrogen (secondary N) is 1. The largest absolute Gasteiger partial charge is 0.480 e. The third-order valence-electron chi connectivity index (χ3n) is 2.28. The van der Waals surface area contributed by atoms with E-state index in [0.29, 0.717) is 21.3 Å². The molecule has 18 heavy (non-hydrogen) atoms. The van der Waals surface area contributed by atoms with Crippen LogP contribution in [0.4, 0.5) is 11.6 Å². The van der Waals surface area contributed by atoms with Gasteiger partial charge in [0.15, 0.2) is 0 Å². The lowest BCUT2D eigenvalue weighted by atomic mass is 10.2. The smallest absolute Gasteiger partial charge is 0.232 e. The summed E-state index contributed by atoms with van der Waals surface area (Å²) in [5.41, 5.74) is 1.85. The van der Waals surface area contributed by atoms with E-state index in [-0.39, 0.29) is 0 Å². The standard InChI is InChI=1S/C12H11BrClN3O/c1-7-3-4-10(9(14)5-7)16-12-15-6-8(13)11(17-12)18-2/h3-6H,1-2H3,(H,15,16,17). The number of methoxy groups -OCH3 is 1. The molecule has 0 spiro atoms. The summed E-state index contributed by atoms with van der Waals surface area (Å²) >= 11 is 9.42. The number of ether oxygens (including phenoxy) is 1. The summed E-state index contributed by atoms with van der Waals surface area (Å²) < 4.78 is 5.80. The molecule has 0 unspecified atom stereocenters. The summed E-state index contributed by atoms with van der Waals surface area (Å²) in [5, 5.41) is 3.67. The molecular weight excluding hydrogens is 318 g/mol. The second-order valence-electron chi connectivity index (χ2n) is 3.66. The number of anilines is 2. The highest BCUT2D eigenvalue weighted by Crippen LogP contribution is 2.27. The lowest BCUT2D eigenvalue weighted by Gasteiger charge is -2.09. The number of aryl methyl sites for hydroxylation is 1. The van der Waals surface area contributed by atoms with Gasteiger partial charge in [0.1, 0.15) is 0 Å². The van der Waals surface area contributed by atoms with Gasteiger partial charge in [-0.1, -0.05) is 17.7 Å². The van der Waals surface area contributed by atoms with Crippen molar-refractivity contribution in [3.63, 3.8) is 0 Å². The van der Waals surface area contributed by atoms with Gasteiger partial charge in [0.2, 0.25) is 11.8 Å². The van der Waals surface area contributed by atoms with Crippen LogP contribution in [-0.2, 0) is 0 Å². The Kier molecular flexibility index (Phi) is 4.04. The molecular formula is C12H11BrClN3O. The van der Waals surface area contributed by atoms with Crippen LogP contribution in [0.25, 0.3) is 0 Å². The molecule has 1 aromatic heterocycles. The Morgan fingerprint density at radius 2 is 2.17 bits per heavy atom. The average molecular weight is 329 g/mol. The van der Waals surface area contributed by atoms with E-state index >= 15 is 0 Å². The molecule has 2 rings (SSSR count). The van der Waals surface area contributed by atoms with Crippen LogP contribution in [0.3, 0.4) is 0 Å². The van der Waals surface area contributed by atoms with Crippen molar-refractivity contribution in [1.82, 2.24) is 9.97 Å². The van der Waals surface area contributed by atoms with Gasteiger partial charge in [-0.25, -0.2) is 4.98 Å². The third kappa shape index (κ3) is 2.91. The summed E-state index contributed by atoms with van der Waals surface area (Å²) in [6.45, 7) is 1.98. The number of hydrogen-bond acceptors (Lipinski definition) is 4. The molecule has 0 saturated carbocycles. The second-order valence-corrected chi connectivity index (χ2v) is 4.92. The maximum Gasteiger partial charge on any atom is 0.232 e.